The molecule has 0 atom stereocenters. The fourth-order valence-corrected chi connectivity index (χ4v) is 2.71. The second kappa shape index (κ2) is 4.36. The van der Waals surface area contributed by atoms with Crippen LogP contribution in [0.5, 0.6) is 0 Å². The lowest BCUT2D eigenvalue weighted by Gasteiger charge is -2.27. The fraction of sp³-hybridized carbons (Fsp3) is 0.571. The quantitative estimate of drug-likeness (QED) is 0.744. The molecule has 1 fully saturated rings. The zero-order valence-electron chi connectivity index (χ0n) is 9.79. The third-order valence-corrected chi connectivity index (χ3v) is 3.64. The zero-order valence-corrected chi connectivity index (χ0v) is 9.79. The maximum absolute atomic E-state index is 5.94. The van der Waals surface area contributed by atoms with Crippen LogP contribution in [-0.2, 0) is 0 Å². The molecule has 0 unspecified atom stereocenters. The Kier molecular flexibility index (Phi) is 3.11. The lowest BCUT2D eigenvalue weighted by atomic mass is 9.80. The predicted molar refractivity (Wildman–Crippen MR) is 65.1 cm³/mol. The fourth-order valence-electron chi connectivity index (χ4n) is 2.71. The lowest BCUT2D eigenvalue weighted by molar-refractivity contribution is 0.394. The van der Waals surface area contributed by atoms with Gasteiger partial charge in [0.1, 0.15) is 0 Å². The molecule has 2 N–H and O–H groups in total. The van der Waals surface area contributed by atoms with Crippen LogP contribution in [0.3, 0.4) is 0 Å². The van der Waals surface area contributed by atoms with Gasteiger partial charge in [0.05, 0.1) is 0 Å². The molecule has 1 aromatic carbocycles. The summed E-state index contributed by atoms with van der Waals surface area (Å²) in [6.45, 7) is 4.39. The molecule has 0 saturated heterocycles. The first-order valence-electron chi connectivity index (χ1n) is 5.99. The molecule has 1 heteroatoms. The highest BCUT2D eigenvalue weighted by Gasteiger charge is 2.20. The van der Waals surface area contributed by atoms with Gasteiger partial charge in [0, 0.05) is 6.04 Å². The van der Waals surface area contributed by atoms with Crippen molar-refractivity contribution in [1.29, 1.82) is 0 Å². The third kappa shape index (κ3) is 2.40. The van der Waals surface area contributed by atoms with Crippen LogP contribution in [0.2, 0.25) is 0 Å². The molecule has 0 aliphatic heterocycles. The van der Waals surface area contributed by atoms with Gasteiger partial charge >= 0.3 is 0 Å². The molecule has 0 amide bonds. The summed E-state index contributed by atoms with van der Waals surface area (Å²) < 4.78 is 0. The van der Waals surface area contributed by atoms with E-state index in [1.54, 1.807) is 5.56 Å². The van der Waals surface area contributed by atoms with Crippen molar-refractivity contribution in [2.75, 3.05) is 0 Å². The summed E-state index contributed by atoms with van der Waals surface area (Å²) in [7, 11) is 0. The van der Waals surface area contributed by atoms with Gasteiger partial charge in [-0.2, -0.15) is 0 Å². The van der Waals surface area contributed by atoms with E-state index in [0.29, 0.717) is 6.04 Å². The van der Waals surface area contributed by atoms with Crippen LogP contribution in [0.1, 0.15) is 48.3 Å². The molecule has 1 saturated carbocycles. The van der Waals surface area contributed by atoms with Crippen LogP contribution in [-0.4, -0.2) is 6.04 Å². The average molecular weight is 203 g/mol. The molecule has 0 heterocycles. The number of aryl methyl sites for hydroxylation is 2. The van der Waals surface area contributed by atoms with Gasteiger partial charge in [-0.15, -0.1) is 0 Å². The molecular formula is C14H21N. The molecule has 0 spiro atoms. The van der Waals surface area contributed by atoms with Crippen molar-refractivity contribution in [2.45, 2.75) is 51.5 Å². The summed E-state index contributed by atoms with van der Waals surface area (Å²) in [4.78, 5) is 0. The third-order valence-electron chi connectivity index (χ3n) is 3.64. The summed E-state index contributed by atoms with van der Waals surface area (Å²) in [6, 6.07) is 7.29. The Labute approximate surface area is 92.7 Å². The minimum absolute atomic E-state index is 0.451. The van der Waals surface area contributed by atoms with Crippen molar-refractivity contribution >= 4 is 0 Å². The smallest absolute Gasteiger partial charge is 0.00392 e. The van der Waals surface area contributed by atoms with E-state index >= 15 is 0 Å². The topological polar surface area (TPSA) is 26.0 Å². The second-order valence-corrected chi connectivity index (χ2v) is 4.97. The molecule has 0 bridgehead atoms. The van der Waals surface area contributed by atoms with Crippen LogP contribution in [0.25, 0.3) is 0 Å². The Balaban J connectivity index is 2.15. The molecule has 1 aliphatic carbocycles. The number of hydrogen-bond donors (Lipinski definition) is 1. The SMILES string of the molecule is Cc1ccc(C2CCC(N)CC2)c(C)c1. The highest BCUT2D eigenvalue weighted by Crippen LogP contribution is 2.34. The van der Waals surface area contributed by atoms with Crippen molar-refractivity contribution in [3.63, 3.8) is 0 Å². The summed E-state index contributed by atoms with van der Waals surface area (Å²) in [6.07, 6.45) is 4.92. The summed E-state index contributed by atoms with van der Waals surface area (Å²) in [5, 5.41) is 0. The first-order chi connectivity index (χ1) is 7.16. The lowest BCUT2D eigenvalue weighted by Crippen LogP contribution is -2.25. The normalized spacial score (nSPS) is 26.6. The van der Waals surface area contributed by atoms with Crippen LogP contribution in [0, 0.1) is 13.8 Å². The molecule has 82 valence electrons. The van der Waals surface area contributed by atoms with Crippen LogP contribution in [0.4, 0.5) is 0 Å². The van der Waals surface area contributed by atoms with E-state index in [4.69, 9.17) is 5.73 Å². The Hall–Kier alpha value is -0.820. The van der Waals surface area contributed by atoms with Crippen molar-refractivity contribution in [1.82, 2.24) is 0 Å². The minimum Gasteiger partial charge on any atom is -0.328 e. The van der Waals surface area contributed by atoms with Gasteiger partial charge in [-0.3, -0.25) is 0 Å². The maximum atomic E-state index is 5.94. The Bertz CT molecular complexity index is 335. The second-order valence-electron chi connectivity index (χ2n) is 4.97. The first-order valence-corrected chi connectivity index (χ1v) is 5.99. The average Bonchev–Trinajstić information content (AvgIpc) is 2.20. The van der Waals surface area contributed by atoms with Gasteiger partial charge in [0.2, 0.25) is 0 Å². The Morgan fingerprint density at radius 2 is 1.73 bits per heavy atom. The highest BCUT2D eigenvalue weighted by molar-refractivity contribution is 5.33. The number of rotatable bonds is 1. The van der Waals surface area contributed by atoms with E-state index in [9.17, 15) is 0 Å². The molecule has 1 aromatic rings. The number of nitrogens with two attached hydrogens (primary N) is 1. The van der Waals surface area contributed by atoms with Crippen LogP contribution < -0.4 is 5.73 Å². The van der Waals surface area contributed by atoms with E-state index < -0.39 is 0 Å². The van der Waals surface area contributed by atoms with Crippen LogP contribution in [0.15, 0.2) is 18.2 Å². The molecule has 1 nitrogen and oxygen atoms in total. The van der Waals surface area contributed by atoms with Gasteiger partial charge < -0.3 is 5.73 Å². The maximum Gasteiger partial charge on any atom is 0.00392 e. The van der Waals surface area contributed by atoms with Crippen molar-refractivity contribution < 1.29 is 0 Å². The van der Waals surface area contributed by atoms with E-state index in [0.717, 1.165) is 5.92 Å². The number of benzene rings is 1. The summed E-state index contributed by atoms with van der Waals surface area (Å²) in [5.41, 5.74) is 10.3. The van der Waals surface area contributed by atoms with Crippen molar-refractivity contribution in [3.8, 4) is 0 Å². The first kappa shape index (κ1) is 10.7. The van der Waals surface area contributed by atoms with E-state index in [-0.39, 0.29) is 0 Å². The molecule has 2 rings (SSSR count). The van der Waals surface area contributed by atoms with Crippen molar-refractivity contribution in [2.24, 2.45) is 5.73 Å². The molecule has 15 heavy (non-hydrogen) atoms. The van der Waals surface area contributed by atoms with Gasteiger partial charge in [-0.25, -0.2) is 0 Å². The van der Waals surface area contributed by atoms with E-state index in [2.05, 4.69) is 32.0 Å². The highest BCUT2D eigenvalue weighted by atomic mass is 14.6. The van der Waals surface area contributed by atoms with Gasteiger partial charge in [-0.05, 0) is 56.6 Å². The van der Waals surface area contributed by atoms with E-state index in [1.165, 1.54) is 36.8 Å². The van der Waals surface area contributed by atoms with E-state index in [1.807, 2.05) is 0 Å². The summed E-state index contributed by atoms with van der Waals surface area (Å²) in [5.74, 6) is 0.755. The Morgan fingerprint density at radius 3 is 2.33 bits per heavy atom. The molecular weight excluding hydrogens is 182 g/mol. The van der Waals surface area contributed by atoms with Gasteiger partial charge in [-0.1, -0.05) is 23.8 Å². The monoisotopic (exact) mass is 203 g/mol. The Morgan fingerprint density at radius 1 is 1.07 bits per heavy atom. The van der Waals surface area contributed by atoms with Gasteiger partial charge in [0.25, 0.3) is 0 Å². The number of hydrogen-bond acceptors (Lipinski definition) is 1. The van der Waals surface area contributed by atoms with Crippen LogP contribution >= 0.6 is 0 Å². The molecule has 1 aliphatic rings. The zero-order chi connectivity index (χ0) is 10.8. The van der Waals surface area contributed by atoms with Crippen molar-refractivity contribution in [3.05, 3.63) is 34.9 Å². The molecule has 0 aromatic heterocycles. The predicted octanol–water partition coefficient (Wildman–Crippen LogP) is 3.29. The largest absolute Gasteiger partial charge is 0.328 e. The molecule has 0 radical (unpaired) electrons. The summed E-state index contributed by atoms with van der Waals surface area (Å²) >= 11 is 0. The standard InChI is InChI=1S/C14H21N/c1-10-3-8-14(11(2)9-10)12-4-6-13(15)7-5-12/h3,8-9,12-13H,4-7,15H2,1-2H3. The van der Waals surface area contributed by atoms with Gasteiger partial charge in [0.15, 0.2) is 0 Å². The minimum atomic E-state index is 0.451.